The number of carboxylic acid groups (broad SMARTS) is 3. The number of carboxylic acids is 3. The van der Waals surface area contributed by atoms with E-state index in [1.807, 2.05) is 0 Å². The van der Waals surface area contributed by atoms with Gasteiger partial charge in [0, 0.05) is 0 Å². The summed E-state index contributed by atoms with van der Waals surface area (Å²) in [6.45, 7) is 0.176. The van der Waals surface area contributed by atoms with Crippen LogP contribution in [0, 0.1) is 0 Å². The molecule has 0 amide bonds. The molecule has 0 aromatic carbocycles. The first-order chi connectivity index (χ1) is 7.86. The van der Waals surface area contributed by atoms with Crippen LogP contribution in [0.1, 0.15) is 19.3 Å². The highest BCUT2D eigenvalue weighted by Crippen LogP contribution is 1.98. The van der Waals surface area contributed by atoms with E-state index in [4.69, 9.17) is 21.1 Å². The zero-order chi connectivity index (χ0) is 13.4. The number of unbranched alkanes of at least 4 members (excludes halogenated alkanes) is 1. The van der Waals surface area contributed by atoms with Crippen molar-refractivity contribution >= 4 is 17.9 Å². The van der Waals surface area contributed by atoms with Gasteiger partial charge in [-0.3, -0.25) is 10.1 Å². The highest BCUT2D eigenvalue weighted by atomic mass is 16.4. The first-order valence-corrected chi connectivity index (χ1v) is 5.03. The third-order valence-electron chi connectivity index (χ3n) is 2.10. The molecule has 0 bridgehead atoms. The Kier molecular flexibility index (Phi) is 6.83. The first-order valence-electron chi connectivity index (χ1n) is 5.03. The van der Waals surface area contributed by atoms with Crippen LogP contribution >= 0.6 is 0 Å². The van der Waals surface area contributed by atoms with Gasteiger partial charge in [-0.15, -0.1) is 0 Å². The smallest absolute Gasteiger partial charge is 0.332 e. The number of nitrogens with two attached hydrogens (primary N) is 1. The summed E-state index contributed by atoms with van der Waals surface area (Å²) in [6, 6.07) is -2.58. The standard InChI is InChI=1S/C9H16N2O6/c10-5(7(12)13)3-1-2-4-11-6(8(14)15)9(16)17/h5-6,11H,1-4,10H2,(H,12,13)(H,14,15)(H,16,17). The summed E-state index contributed by atoms with van der Waals surface area (Å²) in [7, 11) is 0. The molecule has 0 aromatic rings. The van der Waals surface area contributed by atoms with E-state index in [1.54, 1.807) is 0 Å². The van der Waals surface area contributed by atoms with Gasteiger partial charge in [-0.05, 0) is 19.4 Å². The topological polar surface area (TPSA) is 150 Å². The molecule has 0 saturated heterocycles. The fourth-order valence-electron chi connectivity index (χ4n) is 1.14. The van der Waals surface area contributed by atoms with Crippen LogP contribution in [0.15, 0.2) is 0 Å². The summed E-state index contributed by atoms with van der Waals surface area (Å²) in [4.78, 5) is 31.3. The molecule has 0 radical (unpaired) electrons. The normalized spacial score (nSPS) is 12.4. The van der Waals surface area contributed by atoms with Crippen LogP contribution in [0.2, 0.25) is 0 Å². The Morgan fingerprint density at radius 3 is 1.94 bits per heavy atom. The van der Waals surface area contributed by atoms with Crippen molar-refractivity contribution in [3.63, 3.8) is 0 Å². The average Bonchev–Trinajstić information content (AvgIpc) is 2.21. The van der Waals surface area contributed by atoms with Gasteiger partial charge in [0.1, 0.15) is 6.04 Å². The van der Waals surface area contributed by atoms with Crippen LogP contribution in [0.5, 0.6) is 0 Å². The second kappa shape index (κ2) is 7.58. The fraction of sp³-hybridized carbons (Fsp3) is 0.667. The van der Waals surface area contributed by atoms with Crippen LogP contribution < -0.4 is 11.1 Å². The molecule has 0 saturated carbocycles. The van der Waals surface area contributed by atoms with Gasteiger partial charge >= 0.3 is 17.9 Å². The van der Waals surface area contributed by atoms with Crippen molar-refractivity contribution in [1.82, 2.24) is 5.32 Å². The molecule has 1 atom stereocenters. The quantitative estimate of drug-likeness (QED) is 0.249. The molecule has 8 heteroatoms. The van der Waals surface area contributed by atoms with Crippen molar-refractivity contribution in [2.75, 3.05) is 6.54 Å². The molecule has 1 unspecified atom stereocenters. The number of hydrogen-bond acceptors (Lipinski definition) is 5. The van der Waals surface area contributed by atoms with Crippen LogP contribution in [-0.4, -0.2) is 51.9 Å². The van der Waals surface area contributed by atoms with Crippen LogP contribution in [0.25, 0.3) is 0 Å². The van der Waals surface area contributed by atoms with E-state index in [1.165, 1.54) is 0 Å². The molecular formula is C9H16N2O6. The molecule has 98 valence electrons. The number of aliphatic carboxylic acids is 3. The second-order valence-corrected chi connectivity index (χ2v) is 3.50. The molecule has 0 aliphatic heterocycles. The molecule has 17 heavy (non-hydrogen) atoms. The largest absolute Gasteiger partial charge is 0.480 e. The Hall–Kier alpha value is -1.67. The Balaban J connectivity index is 3.73. The van der Waals surface area contributed by atoms with E-state index in [2.05, 4.69) is 5.32 Å². The molecule has 8 nitrogen and oxygen atoms in total. The summed E-state index contributed by atoms with van der Waals surface area (Å²) in [6.07, 6.45) is 1.20. The van der Waals surface area contributed by atoms with Crippen molar-refractivity contribution < 1.29 is 29.7 Å². The number of rotatable bonds is 9. The maximum Gasteiger partial charge on any atom is 0.332 e. The van der Waals surface area contributed by atoms with Gasteiger partial charge in [0.25, 0.3) is 0 Å². The van der Waals surface area contributed by atoms with Gasteiger partial charge in [0.05, 0.1) is 0 Å². The van der Waals surface area contributed by atoms with Crippen LogP contribution in [0.3, 0.4) is 0 Å². The molecule has 0 spiro atoms. The average molecular weight is 248 g/mol. The van der Waals surface area contributed by atoms with Gasteiger partial charge in [0.2, 0.25) is 6.04 Å². The van der Waals surface area contributed by atoms with Crippen molar-refractivity contribution in [3.05, 3.63) is 0 Å². The van der Waals surface area contributed by atoms with Crippen LogP contribution in [0.4, 0.5) is 0 Å². The molecule has 0 aliphatic carbocycles. The Labute approximate surface area is 97.4 Å². The van der Waals surface area contributed by atoms with Gasteiger partial charge < -0.3 is 21.1 Å². The highest BCUT2D eigenvalue weighted by molar-refractivity contribution is 5.97. The van der Waals surface area contributed by atoms with Crippen molar-refractivity contribution in [2.45, 2.75) is 31.3 Å². The molecule has 0 aliphatic rings. The monoisotopic (exact) mass is 248 g/mol. The van der Waals surface area contributed by atoms with E-state index in [0.717, 1.165) is 0 Å². The lowest BCUT2D eigenvalue weighted by Crippen LogP contribution is -2.43. The number of carbonyl (C=O) groups is 3. The zero-order valence-electron chi connectivity index (χ0n) is 9.13. The molecule has 0 rings (SSSR count). The maximum absolute atomic E-state index is 10.5. The lowest BCUT2D eigenvalue weighted by atomic mass is 10.1. The van der Waals surface area contributed by atoms with Gasteiger partial charge in [-0.25, -0.2) is 9.59 Å². The van der Waals surface area contributed by atoms with E-state index >= 15 is 0 Å². The molecule has 6 N–H and O–H groups in total. The van der Waals surface area contributed by atoms with Crippen molar-refractivity contribution in [3.8, 4) is 0 Å². The minimum absolute atomic E-state index is 0.176. The number of nitrogens with one attached hydrogen (secondary N) is 1. The summed E-state index contributed by atoms with van der Waals surface area (Å²) in [5.41, 5.74) is 5.25. The lowest BCUT2D eigenvalue weighted by molar-refractivity contribution is -0.151. The minimum atomic E-state index is -1.64. The van der Waals surface area contributed by atoms with E-state index in [-0.39, 0.29) is 13.0 Å². The molecule has 0 fully saturated rings. The van der Waals surface area contributed by atoms with Gasteiger partial charge in [0.15, 0.2) is 0 Å². The third-order valence-corrected chi connectivity index (χ3v) is 2.10. The fourth-order valence-corrected chi connectivity index (χ4v) is 1.14. The van der Waals surface area contributed by atoms with Crippen molar-refractivity contribution in [2.24, 2.45) is 5.73 Å². The third kappa shape index (κ3) is 6.48. The second-order valence-electron chi connectivity index (χ2n) is 3.50. The molecular weight excluding hydrogens is 232 g/mol. The van der Waals surface area contributed by atoms with Crippen LogP contribution in [-0.2, 0) is 14.4 Å². The summed E-state index contributed by atoms with van der Waals surface area (Å²) < 4.78 is 0. The minimum Gasteiger partial charge on any atom is -0.480 e. The number of hydrogen-bond donors (Lipinski definition) is 5. The Bertz CT molecular complexity index is 279. The SMILES string of the molecule is NC(CCCCNC(C(=O)O)C(=O)O)C(=O)O. The van der Waals surface area contributed by atoms with Gasteiger partial charge in [-0.1, -0.05) is 6.42 Å². The van der Waals surface area contributed by atoms with Crippen molar-refractivity contribution in [1.29, 1.82) is 0 Å². The zero-order valence-corrected chi connectivity index (χ0v) is 9.13. The first kappa shape index (κ1) is 15.3. The van der Waals surface area contributed by atoms with E-state index in [0.29, 0.717) is 12.8 Å². The predicted molar refractivity (Wildman–Crippen MR) is 56.5 cm³/mol. The van der Waals surface area contributed by atoms with E-state index in [9.17, 15) is 14.4 Å². The maximum atomic E-state index is 10.5. The lowest BCUT2D eigenvalue weighted by Gasteiger charge is -2.10. The summed E-state index contributed by atoms with van der Waals surface area (Å²) in [5, 5.41) is 27.9. The Morgan fingerprint density at radius 2 is 1.53 bits per heavy atom. The van der Waals surface area contributed by atoms with E-state index < -0.39 is 30.0 Å². The van der Waals surface area contributed by atoms with Gasteiger partial charge in [-0.2, -0.15) is 0 Å². The summed E-state index contributed by atoms with van der Waals surface area (Å²) in [5.74, 6) is -4.01. The predicted octanol–water partition coefficient (Wildman–Crippen LogP) is -1.30. The Morgan fingerprint density at radius 1 is 1.00 bits per heavy atom. The molecule has 0 aromatic heterocycles. The highest BCUT2D eigenvalue weighted by Gasteiger charge is 2.24. The summed E-state index contributed by atoms with van der Waals surface area (Å²) >= 11 is 0. The molecule has 0 heterocycles.